The Labute approximate surface area is 194 Å². The van der Waals surface area contributed by atoms with Crippen molar-refractivity contribution in [2.75, 3.05) is 12.8 Å². The van der Waals surface area contributed by atoms with E-state index in [2.05, 4.69) is 20.6 Å². The van der Waals surface area contributed by atoms with Crippen LogP contribution in [0.2, 0.25) is 0 Å². The summed E-state index contributed by atoms with van der Waals surface area (Å²) in [6, 6.07) is 9.24. The maximum atomic E-state index is 12.8. The Morgan fingerprint density at radius 1 is 1.30 bits per heavy atom. The third kappa shape index (κ3) is 5.18. The lowest BCUT2D eigenvalue weighted by molar-refractivity contribution is -0.126. The van der Waals surface area contributed by atoms with Gasteiger partial charge in [0.1, 0.15) is 16.8 Å². The minimum atomic E-state index is -3.84. The summed E-state index contributed by atoms with van der Waals surface area (Å²) in [4.78, 5) is 33.2. The molecule has 1 saturated carbocycles. The first-order valence-corrected chi connectivity index (χ1v) is 13.0. The number of aromatic nitrogens is 2. The molecule has 4 rings (SSSR count). The summed E-state index contributed by atoms with van der Waals surface area (Å²) in [7, 11) is -3.84. The topological polar surface area (TPSA) is 142 Å². The van der Waals surface area contributed by atoms with Crippen LogP contribution in [0, 0.1) is 18.3 Å². The normalized spacial score (nSPS) is 14.5. The third-order valence-electron chi connectivity index (χ3n) is 5.20. The van der Waals surface area contributed by atoms with E-state index in [1.54, 1.807) is 18.3 Å². The highest BCUT2D eigenvalue weighted by atomic mass is 32.2. The van der Waals surface area contributed by atoms with Gasteiger partial charge in [0.15, 0.2) is 15.1 Å². The van der Waals surface area contributed by atoms with Crippen LogP contribution in [0.4, 0.5) is 0 Å². The molecule has 2 N–H and O–H groups in total. The summed E-state index contributed by atoms with van der Waals surface area (Å²) in [5.74, 6) is -1.13. The fraction of sp³-hybridized carbons (Fsp3) is 0.318. The van der Waals surface area contributed by atoms with Crippen LogP contribution in [-0.2, 0) is 19.4 Å². The van der Waals surface area contributed by atoms with Crippen molar-refractivity contribution < 1.29 is 18.0 Å². The Balaban J connectivity index is 1.63. The Kier molecular flexibility index (Phi) is 6.14. The number of nitrogens with zero attached hydrogens (tertiary/aromatic N) is 3. The van der Waals surface area contributed by atoms with Crippen molar-refractivity contribution in [3.05, 3.63) is 46.7 Å². The van der Waals surface area contributed by atoms with Crippen molar-refractivity contribution in [1.82, 2.24) is 20.6 Å². The molecule has 1 atom stereocenters. The Morgan fingerprint density at radius 3 is 2.67 bits per heavy atom. The van der Waals surface area contributed by atoms with Crippen LogP contribution in [0.1, 0.15) is 34.4 Å². The molecule has 0 saturated heterocycles. The predicted molar refractivity (Wildman–Crippen MR) is 124 cm³/mol. The molecule has 9 nitrogen and oxygen atoms in total. The first kappa shape index (κ1) is 22.8. The zero-order chi connectivity index (χ0) is 23.8. The van der Waals surface area contributed by atoms with Gasteiger partial charge >= 0.3 is 0 Å². The van der Waals surface area contributed by atoms with E-state index in [1.807, 2.05) is 25.1 Å². The van der Waals surface area contributed by atoms with Gasteiger partial charge in [0.2, 0.25) is 11.8 Å². The van der Waals surface area contributed by atoms with Gasteiger partial charge in [0.25, 0.3) is 0 Å². The van der Waals surface area contributed by atoms with Crippen LogP contribution in [0.15, 0.2) is 30.5 Å². The molecule has 0 spiro atoms. The van der Waals surface area contributed by atoms with E-state index in [0.29, 0.717) is 15.9 Å². The van der Waals surface area contributed by atoms with Gasteiger partial charge in [-0.3, -0.25) is 9.59 Å². The van der Waals surface area contributed by atoms with Gasteiger partial charge in [-0.25, -0.2) is 18.4 Å². The SMILES string of the molecule is Cc1cc2nc(C(C(=O)NCC(=O)NC3CC3)S(C)(=O)=O)sc2cc1-c1ccc(C#N)nc1. The number of carbonyl (C=O) groups is 2. The largest absolute Gasteiger partial charge is 0.352 e. The van der Waals surface area contributed by atoms with Gasteiger partial charge in [-0.15, -0.1) is 11.3 Å². The number of rotatable bonds is 7. The summed E-state index contributed by atoms with van der Waals surface area (Å²) in [6.07, 6.45) is 4.41. The quantitative estimate of drug-likeness (QED) is 0.523. The van der Waals surface area contributed by atoms with Crippen molar-refractivity contribution in [1.29, 1.82) is 5.26 Å². The number of aryl methyl sites for hydroxylation is 1. The molecule has 2 amide bonds. The molecule has 170 valence electrons. The number of carbonyl (C=O) groups excluding carboxylic acids is 2. The van der Waals surface area contributed by atoms with Crippen LogP contribution in [0.25, 0.3) is 21.3 Å². The van der Waals surface area contributed by atoms with Crippen LogP contribution in [0.3, 0.4) is 0 Å². The Morgan fingerprint density at radius 2 is 2.06 bits per heavy atom. The third-order valence-corrected chi connectivity index (χ3v) is 7.72. The number of fused-ring (bicyclic) bond motifs is 1. The molecule has 1 fully saturated rings. The summed E-state index contributed by atoms with van der Waals surface area (Å²) in [6.45, 7) is 1.60. The number of pyridine rings is 1. The van der Waals surface area contributed by atoms with Gasteiger partial charge in [0, 0.05) is 24.1 Å². The number of thiazole rings is 1. The molecular weight excluding hydrogens is 462 g/mol. The fourth-order valence-corrected chi connectivity index (χ4v) is 5.92. The van der Waals surface area contributed by atoms with Crippen LogP contribution in [-0.4, -0.2) is 49.0 Å². The molecule has 2 aromatic heterocycles. The van der Waals surface area contributed by atoms with E-state index >= 15 is 0 Å². The first-order chi connectivity index (χ1) is 15.7. The second kappa shape index (κ2) is 8.88. The minimum Gasteiger partial charge on any atom is -0.352 e. The highest BCUT2D eigenvalue weighted by molar-refractivity contribution is 7.91. The van der Waals surface area contributed by atoms with E-state index in [9.17, 15) is 18.0 Å². The number of hydrogen-bond acceptors (Lipinski definition) is 8. The summed E-state index contributed by atoms with van der Waals surface area (Å²) < 4.78 is 25.6. The second-order valence-corrected chi connectivity index (χ2v) is 11.2. The van der Waals surface area contributed by atoms with Crippen LogP contribution < -0.4 is 10.6 Å². The van der Waals surface area contributed by atoms with Crippen molar-refractivity contribution >= 4 is 43.2 Å². The summed E-state index contributed by atoms with van der Waals surface area (Å²) in [5.41, 5.74) is 3.45. The maximum Gasteiger partial charge on any atom is 0.245 e. The molecule has 0 aliphatic heterocycles. The number of benzene rings is 1. The van der Waals surface area contributed by atoms with E-state index in [1.165, 1.54) is 0 Å². The predicted octanol–water partition coefficient (Wildman–Crippen LogP) is 2.02. The molecule has 0 bridgehead atoms. The van der Waals surface area contributed by atoms with Crippen molar-refractivity contribution in [2.24, 2.45) is 0 Å². The van der Waals surface area contributed by atoms with E-state index in [-0.39, 0.29) is 23.5 Å². The molecule has 1 aromatic carbocycles. The molecule has 1 unspecified atom stereocenters. The molecule has 2 heterocycles. The lowest BCUT2D eigenvalue weighted by Gasteiger charge is -2.12. The second-order valence-electron chi connectivity index (χ2n) is 8.00. The highest BCUT2D eigenvalue weighted by Gasteiger charge is 2.34. The van der Waals surface area contributed by atoms with Crippen molar-refractivity contribution in [3.8, 4) is 17.2 Å². The van der Waals surface area contributed by atoms with Crippen molar-refractivity contribution in [3.63, 3.8) is 0 Å². The molecule has 0 radical (unpaired) electrons. The van der Waals surface area contributed by atoms with Crippen molar-refractivity contribution in [2.45, 2.75) is 31.1 Å². The average molecular weight is 484 g/mol. The molecule has 11 heteroatoms. The maximum absolute atomic E-state index is 12.8. The molecule has 1 aliphatic carbocycles. The number of hydrogen-bond donors (Lipinski definition) is 2. The van der Waals surface area contributed by atoms with Gasteiger partial charge < -0.3 is 10.6 Å². The smallest absolute Gasteiger partial charge is 0.245 e. The van der Waals surface area contributed by atoms with E-state index < -0.39 is 21.0 Å². The van der Waals surface area contributed by atoms with E-state index in [4.69, 9.17) is 5.26 Å². The highest BCUT2D eigenvalue weighted by Crippen LogP contribution is 2.35. The first-order valence-electron chi connectivity index (χ1n) is 10.2. The van der Waals surface area contributed by atoms with E-state index in [0.717, 1.165) is 47.1 Å². The number of sulfone groups is 1. The Hall–Kier alpha value is -3.36. The van der Waals surface area contributed by atoms with Gasteiger partial charge in [-0.2, -0.15) is 5.26 Å². The molecule has 33 heavy (non-hydrogen) atoms. The zero-order valence-electron chi connectivity index (χ0n) is 18.0. The Bertz CT molecular complexity index is 1390. The average Bonchev–Trinajstić information content (AvgIpc) is 3.48. The number of nitriles is 1. The molecule has 1 aliphatic rings. The fourth-order valence-electron chi connectivity index (χ4n) is 3.39. The van der Waals surface area contributed by atoms with Gasteiger partial charge in [-0.05, 0) is 55.2 Å². The molecular formula is C22H21N5O4S2. The monoisotopic (exact) mass is 483 g/mol. The van der Waals surface area contributed by atoms with Crippen LogP contribution >= 0.6 is 11.3 Å². The van der Waals surface area contributed by atoms with Gasteiger partial charge in [-0.1, -0.05) is 0 Å². The van der Waals surface area contributed by atoms with Gasteiger partial charge in [0.05, 0.1) is 16.8 Å². The minimum absolute atomic E-state index is 0.141. The number of amides is 2. The summed E-state index contributed by atoms with van der Waals surface area (Å²) in [5, 5.41) is 12.7. The lowest BCUT2D eigenvalue weighted by atomic mass is 10.0. The molecule has 3 aromatic rings. The summed E-state index contributed by atoms with van der Waals surface area (Å²) >= 11 is 1.12. The van der Waals surface area contributed by atoms with Crippen LogP contribution in [0.5, 0.6) is 0 Å². The standard InChI is InChI=1S/C22H21N5O4S2/c1-12-7-17-18(8-16(12)13-3-4-15(9-23)24-10-13)32-22(27-17)20(33(2,30)31)21(29)25-11-19(28)26-14-5-6-14/h3-4,7-8,10,14,20H,5-6,11H2,1-2H3,(H,25,29)(H,26,28). The zero-order valence-corrected chi connectivity index (χ0v) is 19.6. The lowest BCUT2D eigenvalue weighted by Crippen LogP contribution is -2.41. The number of nitrogens with one attached hydrogen (secondary N) is 2.